The molecule has 2 aliphatic heterocycles. The normalized spacial score (nSPS) is 15.4. The zero-order valence-corrected chi connectivity index (χ0v) is 19.8. The third-order valence-electron chi connectivity index (χ3n) is 6.24. The molecule has 0 bridgehead atoms. The van der Waals surface area contributed by atoms with E-state index >= 15 is 4.39 Å². The number of hydrogen-bond acceptors (Lipinski definition) is 6. The van der Waals surface area contributed by atoms with Crippen molar-refractivity contribution in [3.05, 3.63) is 71.3 Å². The fraction of sp³-hybridized carbons (Fsp3) is 0.308. The summed E-state index contributed by atoms with van der Waals surface area (Å²) < 4.78 is 62.4. The molecule has 3 heterocycles. The number of halogens is 4. The van der Waals surface area contributed by atoms with E-state index in [1.807, 2.05) is 32.0 Å². The van der Waals surface area contributed by atoms with Gasteiger partial charge in [0, 0.05) is 35.7 Å². The highest BCUT2D eigenvalue weighted by Gasteiger charge is 2.36. The maximum absolute atomic E-state index is 15.1. The summed E-state index contributed by atoms with van der Waals surface area (Å²) in [6, 6.07) is 8.09. The lowest BCUT2D eigenvalue weighted by molar-refractivity contribution is -0.137. The molecular formula is C26H25F4N5O. The first-order valence-electron chi connectivity index (χ1n) is 11.6. The smallest absolute Gasteiger partial charge is 0.419 e. The maximum Gasteiger partial charge on any atom is 0.419 e. The molecule has 0 fully saturated rings. The molecular weight excluding hydrogens is 474 g/mol. The van der Waals surface area contributed by atoms with Gasteiger partial charge in [-0.05, 0) is 62.2 Å². The average molecular weight is 500 g/mol. The standard InChI is InChI=1S/C26H25F4N5O/c1-14(2)35-15(3)13-36-24-21(27)9-17(10-22(24)35)23-20(26(28,29)30)12-32-25(34-23)33-19-5-4-16-6-7-31-11-18(16)8-19/h4-5,8-10,12,14,31H,3,6-7,11,13H2,1-2H3,(H,32,33,34). The van der Waals surface area contributed by atoms with E-state index < -0.39 is 23.3 Å². The van der Waals surface area contributed by atoms with E-state index in [4.69, 9.17) is 4.74 Å². The molecule has 0 unspecified atom stereocenters. The van der Waals surface area contributed by atoms with Crippen molar-refractivity contribution in [2.45, 2.75) is 39.0 Å². The quantitative estimate of drug-likeness (QED) is 0.442. The van der Waals surface area contributed by atoms with Crippen LogP contribution in [0.3, 0.4) is 0 Å². The van der Waals surface area contributed by atoms with Gasteiger partial charge in [-0.25, -0.2) is 14.4 Å². The van der Waals surface area contributed by atoms with Gasteiger partial charge in [-0.2, -0.15) is 13.2 Å². The van der Waals surface area contributed by atoms with Gasteiger partial charge in [-0.3, -0.25) is 0 Å². The van der Waals surface area contributed by atoms with E-state index in [2.05, 4.69) is 27.2 Å². The van der Waals surface area contributed by atoms with Gasteiger partial charge in [0.05, 0.1) is 11.4 Å². The van der Waals surface area contributed by atoms with Crippen LogP contribution in [0.2, 0.25) is 0 Å². The van der Waals surface area contributed by atoms with Crippen LogP contribution >= 0.6 is 0 Å². The van der Waals surface area contributed by atoms with Gasteiger partial charge in [0.25, 0.3) is 0 Å². The van der Waals surface area contributed by atoms with Crippen molar-refractivity contribution in [1.82, 2.24) is 15.3 Å². The Morgan fingerprint density at radius 1 is 1.17 bits per heavy atom. The van der Waals surface area contributed by atoms with E-state index in [0.29, 0.717) is 23.6 Å². The first-order chi connectivity index (χ1) is 17.1. The lowest BCUT2D eigenvalue weighted by Gasteiger charge is -2.36. The number of rotatable bonds is 4. The third-order valence-corrected chi connectivity index (χ3v) is 6.24. The molecule has 0 aliphatic carbocycles. The number of anilines is 3. The highest BCUT2D eigenvalue weighted by molar-refractivity contribution is 5.76. The lowest BCUT2D eigenvalue weighted by atomic mass is 10.0. The van der Waals surface area contributed by atoms with Crippen molar-refractivity contribution < 1.29 is 22.3 Å². The minimum atomic E-state index is -4.74. The van der Waals surface area contributed by atoms with Gasteiger partial charge >= 0.3 is 6.18 Å². The number of ether oxygens (including phenoxy) is 1. The zero-order chi connectivity index (χ0) is 25.6. The topological polar surface area (TPSA) is 62.3 Å². The number of benzene rings is 2. The second kappa shape index (κ2) is 9.09. The van der Waals surface area contributed by atoms with Crippen LogP contribution in [-0.4, -0.2) is 29.2 Å². The Labute approximate surface area is 206 Å². The zero-order valence-electron chi connectivity index (χ0n) is 19.8. The molecule has 0 saturated heterocycles. The van der Waals surface area contributed by atoms with Gasteiger partial charge in [0.2, 0.25) is 5.95 Å². The summed E-state index contributed by atoms with van der Waals surface area (Å²) in [5.74, 6) is -0.825. The molecule has 0 saturated carbocycles. The number of hydrogen-bond donors (Lipinski definition) is 2. The number of aromatic nitrogens is 2. The maximum atomic E-state index is 15.1. The molecule has 0 radical (unpaired) electrons. The molecule has 2 aromatic carbocycles. The summed E-state index contributed by atoms with van der Waals surface area (Å²) in [5, 5.41) is 6.29. The van der Waals surface area contributed by atoms with Crippen LogP contribution in [0, 0.1) is 5.82 Å². The minimum Gasteiger partial charge on any atom is -0.482 e. The van der Waals surface area contributed by atoms with E-state index in [-0.39, 0.29) is 29.9 Å². The highest BCUT2D eigenvalue weighted by atomic mass is 19.4. The van der Waals surface area contributed by atoms with Gasteiger partial charge < -0.3 is 20.3 Å². The first-order valence-corrected chi connectivity index (χ1v) is 11.6. The summed E-state index contributed by atoms with van der Waals surface area (Å²) in [5.41, 5.74) is 2.32. The molecule has 0 amide bonds. The summed E-state index contributed by atoms with van der Waals surface area (Å²) in [7, 11) is 0. The van der Waals surface area contributed by atoms with Gasteiger partial charge in [0.15, 0.2) is 11.6 Å². The predicted molar refractivity (Wildman–Crippen MR) is 130 cm³/mol. The third kappa shape index (κ3) is 4.48. The minimum absolute atomic E-state index is 0.0246. The molecule has 188 valence electrons. The summed E-state index contributed by atoms with van der Waals surface area (Å²) in [4.78, 5) is 9.84. The molecule has 36 heavy (non-hydrogen) atoms. The van der Waals surface area contributed by atoms with Crippen LogP contribution in [0.5, 0.6) is 5.75 Å². The largest absolute Gasteiger partial charge is 0.482 e. The Hall–Kier alpha value is -3.66. The number of nitrogens with zero attached hydrogens (tertiary/aromatic N) is 3. The second-order valence-corrected chi connectivity index (χ2v) is 9.11. The highest BCUT2D eigenvalue weighted by Crippen LogP contribution is 2.43. The molecule has 0 atom stereocenters. The van der Waals surface area contributed by atoms with Crippen molar-refractivity contribution >= 4 is 17.3 Å². The van der Waals surface area contributed by atoms with Crippen LogP contribution < -0.4 is 20.3 Å². The Balaban J connectivity index is 1.59. The second-order valence-electron chi connectivity index (χ2n) is 9.11. The molecule has 6 nitrogen and oxygen atoms in total. The Kier molecular flexibility index (Phi) is 6.07. The summed E-state index contributed by atoms with van der Waals surface area (Å²) in [6.07, 6.45) is -3.11. The fourth-order valence-electron chi connectivity index (χ4n) is 4.63. The summed E-state index contributed by atoms with van der Waals surface area (Å²) >= 11 is 0. The average Bonchev–Trinajstić information content (AvgIpc) is 2.82. The molecule has 5 rings (SSSR count). The lowest BCUT2D eigenvalue weighted by Crippen LogP contribution is -2.35. The van der Waals surface area contributed by atoms with Crippen LogP contribution in [-0.2, 0) is 19.1 Å². The van der Waals surface area contributed by atoms with Crippen LogP contribution in [0.25, 0.3) is 11.3 Å². The van der Waals surface area contributed by atoms with E-state index in [1.54, 1.807) is 4.90 Å². The molecule has 2 aliphatic rings. The molecule has 3 aromatic rings. The fourth-order valence-corrected chi connectivity index (χ4v) is 4.63. The molecule has 0 spiro atoms. The monoisotopic (exact) mass is 499 g/mol. The number of alkyl halides is 3. The van der Waals surface area contributed by atoms with Crippen molar-refractivity contribution in [3.8, 4) is 17.0 Å². The van der Waals surface area contributed by atoms with Crippen molar-refractivity contribution in [3.63, 3.8) is 0 Å². The van der Waals surface area contributed by atoms with Gasteiger partial charge in [0.1, 0.15) is 12.2 Å². The Bertz CT molecular complexity index is 1340. The van der Waals surface area contributed by atoms with Crippen LogP contribution in [0.4, 0.5) is 34.9 Å². The van der Waals surface area contributed by atoms with Crippen molar-refractivity contribution in [2.24, 2.45) is 0 Å². The van der Waals surface area contributed by atoms with E-state index in [9.17, 15) is 13.2 Å². The Morgan fingerprint density at radius 2 is 1.97 bits per heavy atom. The van der Waals surface area contributed by atoms with E-state index in [0.717, 1.165) is 30.8 Å². The SMILES string of the molecule is C=C1COc2c(F)cc(-c3nc(Nc4ccc5c(c4)CNCC5)ncc3C(F)(F)F)cc2N1C(C)C. The van der Waals surface area contributed by atoms with Crippen molar-refractivity contribution in [1.29, 1.82) is 0 Å². The number of fused-ring (bicyclic) bond motifs is 2. The predicted octanol–water partition coefficient (Wildman–Crippen LogP) is 5.81. The van der Waals surface area contributed by atoms with Crippen molar-refractivity contribution in [2.75, 3.05) is 23.4 Å². The molecule has 1 aromatic heterocycles. The van der Waals surface area contributed by atoms with Gasteiger partial charge in [-0.15, -0.1) is 0 Å². The summed E-state index contributed by atoms with van der Waals surface area (Å²) in [6.45, 7) is 9.41. The Morgan fingerprint density at radius 3 is 2.72 bits per heavy atom. The molecule has 2 N–H and O–H groups in total. The van der Waals surface area contributed by atoms with Gasteiger partial charge in [-0.1, -0.05) is 12.6 Å². The molecule has 10 heteroatoms. The first kappa shape index (κ1) is 24.1. The van der Waals surface area contributed by atoms with Crippen LogP contribution in [0.15, 0.2) is 48.8 Å². The number of nitrogens with one attached hydrogen (secondary N) is 2. The van der Waals surface area contributed by atoms with Crippen LogP contribution in [0.1, 0.15) is 30.5 Å². The van der Waals surface area contributed by atoms with E-state index in [1.165, 1.54) is 11.6 Å².